The van der Waals surface area contributed by atoms with E-state index in [-0.39, 0.29) is 11.5 Å². The molecule has 0 spiro atoms. The first-order chi connectivity index (χ1) is 11.5. The van der Waals surface area contributed by atoms with Gasteiger partial charge in [-0.25, -0.2) is 4.98 Å². The number of pyridine rings is 1. The Morgan fingerprint density at radius 3 is 2.52 bits per heavy atom. The predicted octanol–water partition coefficient (Wildman–Crippen LogP) is 4.33. The Hall–Kier alpha value is -1.92. The van der Waals surface area contributed by atoms with Crippen LogP contribution in [0.3, 0.4) is 0 Å². The van der Waals surface area contributed by atoms with E-state index in [0.717, 1.165) is 16.9 Å². The van der Waals surface area contributed by atoms with Crippen molar-refractivity contribution in [3.8, 4) is 5.82 Å². The standard InChI is InChI=1S/C19H28N2O3Si/c1-14-7-8-21(12-14)17-9-16(15(11-20-17)10-18(22)23)13-24-25(5,6)19(2,3)4/h7-9,11-12H,10,13H2,1-6H3,(H,22,23). The van der Waals surface area contributed by atoms with Gasteiger partial charge in [-0.2, -0.15) is 0 Å². The molecule has 2 rings (SSSR count). The minimum atomic E-state index is -1.92. The summed E-state index contributed by atoms with van der Waals surface area (Å²) in [6.07, 6.45) is 5.56. The number of hydrogen-bond acceptors (Lipinski definition) is 3. The van der Waals surface area contributed by atoms with Crippen molar-refractivity contribution in [2.24, 2.45) is 0 Å². The summed E-state index contributed by atoms with van der Waals surface area (Å²) in [5.41, 5.74) is 2.75. The molecule has 5 nitrogen and oxygen atoms in total. The minimum Gasteiger partial charge on any atom is -0.481 e. The normalized spacial score (nSPS) is 12.4. The van der Waals surface area contributed by atoms with Crippen molar-refractivity contribution in [1.29, 1.82) is 0 Å². The molecule has 6 heteroatoms. The van der Waals surface area contributed by atoms with Crippen molar-refractivity contribution < 1.29 is 14.3 Å². The molecule has 136 valence electrons. The monoisotopic (exact) mass is 360 g/mol. The maximum atomic E-state index is 11.2. The first-order valence-corrected chi connectivity index (χ1v) is 11.4. The van der Waals surface area contributed by atoms with Gasteiger partial charge >= 0.3 is 5.97 Å². The van der Waals surface area contributed by atoms with Gasteiger partial charge in [0.2, 0.25) is 0 Å². The third kappa shape index (κ3) is 4.80. The van der Waals surface area contributed by atoms with Crippen molar-refractivity contribution >= 4 is 14.3 Å². The number of aromatic nitrogens is 2. The summed E-state index contributed by atoms with van der Waals surface area (Å²) < 4.78 is 8.25. The van der Waals surface area contributed by atoms with E-state index < -0.39 is 14.3 Å². The quantitative estimate of drug-likeness (QED) is 0.779. The van der Waals surface area contributed by atoms with E-state index in [1.807, 2.05) is 36.0 Å². The average molecular weight is 361 g/mol. The van der Waals surface area contributed by atoms with Gasteiger partial charge in [0.1, 0.15) is 5.82 Å². The molecule has 25 heavy (non-hydrogen) atoms. The molecule has 0 saturated heterocycles. The number of hydrogen-bond donors (Lipinski definition) is 1. The third-order valence-corrected chi connectivity index (χ3v) is 9.39. The zero-order valence-corrected chi connectivity index (χ0v) is 17.0. The van der Waals surface area contributed by atoms with Crippen LogP contribution in [0.2, 0.25) is 18.1 Å². The van der Waals surface area contributed by atoms with E-state index in [1.54, 1.807) is 6.20 Å². The Bertz CT molecular complexity index is 760. The van der Waals surface area contributed by atoms with E-state index in [1.165, 1.54) is 0 Å². The fraction of sp³-hybridized carbons (Fsp3) is 0.474. The molecule has 1 N–H and O–H groups in total. The highest BCUT2D eigenvalue weighted by atomic mass is 28.4. The van der Waals surface area contributed by atoms with E-state index in [4.69, 9.17) is 4.43 Å². The molecule has 0 atom stereocenters. The highest BCUT2D eigenvalue weighted by Gasteiger charge is 2.37. The molecular formula is C19H28N2O3Si. The molecule has 0 bridgehead atoms. The van der Waals surface area contributed by atoms with Crippen LogP contribution in [0, 0.1) is 6.92 Å². The molecule has 0 amide bonds. The second-order valence-corrected chi connectivity index (χ2v) is 12.8. The molecular weight excluding hydrogens is 332 g/mol. The third-order valence-electron chi connectivity index (χ3n) is 4.91. The number of aryl methyl sites for hydroxylation is 1. The first-order valence-electron chi connectivity index (χ1n) is 8.48. The predicted molar refractivity (Wildman–Crippen MR) is 102 cm³/mol. The highest BCUT2D eigenvalue weighted by Crippen LogP contribution is 2.37. The SMILES string of the molecule is Cc1ccn(-c2cc(CO[Si](C)(C)C(C)(C)C)c(CC(=O)O)cn2)c1. The minimum absolute atomic E-state index is 0.0474. The number of carboxylic acids is 1. The number of nitrogens with zero attached hydrogens (tertiary/aromatic N) is 2. The van der Waals surface area contributed by atoms with Crippen LogP contribution in [0.4, 0.5) is 0 Å². The Morgan fingerprint density at radius 1 is 1.32 bits per heavy atom. The lowest BCUT2D eigenvalue weighted by atomic mass is 10.1. The van der Waals surface area contributed by atoms with Gasteiger partial charge in [0.15, 0.2) is 8.32 Å². The van der Waals surface area contributed by atoms with Gasteiger partial charge in [-0.15, -0.1) is 0 Å². The fourth-order valence-corrected chi connectivity index (χ4v) is 3.18. The molecule has 0 aliphatic heterocycles. The van der Waals surface area contributed by atoms with Crippen molar-refractivity contribution in [2.75, 3.05) is 0 Å². The van der Waals surface area contributed by atoms with Gasteiger partial charge in [-0.3, -0.25) is 4.79 Å². The summed E-state index contributed by atoms with van der Waals surface area (Å²) in [5.74, 6) is -0.0870. The van der Waals surface area contributed by atoms with Crippen LogP contribution in [0.5, 0.6) is 0 Å². The summed E-state index contributed by atoms with van der Waals surface area (Å²) in [7, 11) is -1.92. The zero-order chi connectivity index (χ0) is 18.8. The molecule has 2 aromatic rings. The van der Waals surface area contributed by atoms with Crippen LogP contribution in [-0.4, -0.2) is 28.9 Å². The molecule has 0 aromatic carbocycles. The largest absolute Gasteiger partial charge is 0.481 e. The molecule has 0 radical (unpaired) electrons. The van der Waals surface area contributed by atoms with Gasteiger partial charge in [-0.1, -0.05) is 20.8 Å². The number of rotatable bonds is 6. The maximum Gasteiger partial charge on any atom is 0.307 e. The molecule has 0 fully saturated rings. The van der Waals surface area contributed by atoms with Gasteiger partial charge in [0, 0.05) is 18.6 Å². The van der Waals surface area contributed by atoms with E-state index in [2.05, 4.69) is 38.8 Å². The summed E-state index contributed by atoms with van der Waals surface area (Å²) in [6.45, 7) is 13.4. The van der Waals surface area contributed by atoms with Crippen LogP contribution < -0.4 is 0 Å². The zero-order valence-electron chi connectivity index (χ0n) is 16.0. The average Bonchev–Trinajstić information content (AvgIpc) is 2.91. The Balaban J connectivity index is 2.33. The molecule has 2 aromatic heterocycles. The van der Waals surface area contributed by atoms with Crippen LogP contribution in [0.1, 0.15) is 37.5 Å². The summed E-state index contributed by atoms with van der Waals surface area (Å²) in [6, 6.07) is 3.95. The highest BCUT2D eigenvalue weighted by molar-refractivity contribution is 6.74. The maximum absolute atomic E-state index is 11.2. The van der Waals surface area contributed by atoms with Crippen molar-refractivity contribution in [2.45, 2.75) is 58.9 Å². The molecule has 0 aliphatic carbocycles. The lowest BCUT2D eigenvalue weighted by Gasteiger charge is -2.36. The van der Waals surface area contributed by atoms with Crippen LogP contribution in [-0.2, 0) is 22.2 Å². The van der Waals surface area contributed by atoms with Crippen LogP contribution >= 0.6 is 0 Å². The first kappa shape index (κ1) is 19.4. The summed E-state index contributed by atoms with van der Waals surface area (Å²) in [5, 5.41) is 9.28. The van der Waals surface area contributed by atoms with Gasteiger partial charge < -0.3 is 14.1 Å². The Kier molecular flexibility index (Phi) is 5.54. The number of carboxylic acid groups (broad SMARTS) is 1. The molecule has 0 saturated carbocycles. The van der Waals surface area contributed by atoms with Gasteiger partial charge in [-0.05, 0) is 53.9 Å². The number of carbonyl (C=O) groups is 1. The topological polar surface area (TPSA) is 64.3 Å². The van der Waals surface area contributed by atoms with Crippen molar-refractivity contribution in [1.82, 2.24) is 9.55 Å². The van der Waals surface area contributed by atoms with E-state index in [0.29, 0.717) is 12.2 Å². The molecule has 0 unspecified atom stereocenters. The van der Waals surface area contributed by atoms with E-state index >= 15 is 0 Å². The second-order valence-electron chi connectivity index (χ2n) is 8.03. The molecule has 0 aliphatic rings. The van der Waals surface area contributed by atoms with Gasteiger partial charge in [0.05, 0.1) is 13.0 Å². The Morgan fingerprint density at radius 2 is 2.00 bits per heavy atom. The van der Waals surface area contributed by atoms with Crippen LogP contribution in [0.15, 0.2) is 30.7 Å². The fourth-order valence-electron chi connectivity index (χ4n) is 2.23. The smallest absolute Gasteiger partial charge is 0.307 e. The number of aliphatic carboxylic acids is 1. The summed E-state index contributed by atoms with van der Waals surface area (Å²) >= 11 is 0. The summed E-state index contributed by atoms with van der Waals surface area (Å²) in [4.78, 5) is 15.6. The second kappa shape index (κ2) is 7.13. The van der Waals surface area contributed by atoms with Crippen molar-refractivity contribution in [3.05, 3.63) is 47.4 Å². The lowest BCUT2D eigenvalue weighted by molar-refractivity contribution is -0.136. The van der Waals surface area contributed by atoms with Crippen LogP contribution in [0.25, 0.3) is 5.82 Å². The lowest BCUT2D eigenvalue weighted by Crippen LogP contribution is -2.40. The van der Waals surface area contributed by atoms with E-state index in [9.17, 15) is 9.90 Å². The van der Waals surface area contributed by atoms with Gasteiger partial charge in [0.25, 0.3) is 0 Å². The molecule has 2 heterocycles. The van der Waals surface area contributed by atoms with Crippen molar-refractivity contribution in [3.63, 3.8) is 0 Å². The Labute approximate surface area is 150 Å².